The van der Waals surface area contributed by atoms with Crippen LogP contribution in [0.25, 0.3) is 0 Å². The summed E-state index contributed by atoms with van der Waals surface area (Å²) in [5.74, 6) is -0.911. The molecule has 0 unspecified atom stereocenters. The van der Waals surface area contributed by atoms with Crippen molar-refractivity contribution in [1.82, 2.24) is 0 Å². The number of benzene rings is 3. The third kappa shape index (κ3) is 4.56. The summed E-state index contributed by atoms with van der Waals surface area (Å²) in [5, 5.41) is 16.4. The van der Waals surface area contributed by atoms with Crippen molar-refractivity contribution in [3.8, 4) is 5.75 Å². The fourth-order valence-electron chi connectivity index (χ4n) is 3.65. The Balaban J connectivity index is 1.62. The van der Waals surface area contributed by atoms with Gasteiger partial charge in [-0.25, -0.2) is 0 Å². The highest BCUT2D eigenvalue weighted by molar-refractivity contribution is 6.17. The summed E-state index contributed by atoms with van der Waals surface area (Å²) >= 11 is 0. The number of non-ortho nitro benzene ring substituents is 1. The van der Waals surface area contributed by atoms with Crippen LogP contribution in [0.2, 0.25) is 0 Å². The van der Waals surface area contributed by atoms with Crippen molar-refractivity contribution in [2.45, 2.75) is 12.5 Å². The number of nitro groups is 1. The number of methoxy groups -OCH3 is 1. The van der Waals surface area contributed by atoms with E-state index in [0.29, 0.717) is 22.8 Å². The van der Waals surface area contributed by atoms with Gasteiger partial charge in [0.25, 0.3) is 11.6 Å². The van der Waals surface area contributed by atoms with Gasteiger partial charge in [0, 0.05) is 23.4 Å². The Kier molecular flexibility index (Phi) is 6.22. The highest BCUT2D eigenvalue weighted by atomic mass is 16.6. The fraction of sp³-hybridized carbons (Fsp3) is 0.125. The lowest BCUT2D eigenvalue weighted by atomic mass is 10.0. The molecule has 10 nitrogen and oxygen atoms in total. The minimum absolute atomic E-state index is 0.149. The molecule has 1 aliphatic rings. The van der Waals surface area contributed by atoms with Gasteiger partial charge in [-0.05, 0) is 48.5 Å². The number of nitrogens with zero attached hydrogens (tertiary/aromatic N) is 2. The minimum Gasteiger partial charge on any atom is -0.497 e. The maximum atomic E-state index is 13.4. The molecule has 1 atom stereocenters. The highest BCUT2D eigenvalue weighted by Gasteiger charge is 2.38. The summed E-state index contributed by atoms with van der Waals surface area (Å²) in [7, 11) is 1.53. The number of ether oxygens (including phenoxy) is 1. The van der Waals surface area contributed by atoms with Gasteiger partial charge >= 0.3 is 0 Å². The lowest BCUT2D eigenvalue weighted by Gasteiger charge is -2.36. The van der Waals surface area contributed by atoms with E-state index in [9.17, 15) is 24.5 Å². The van der Waals surface area contributed by atoms with E-state index >= 15 is 0 Å². The molecule has 0 aromatic heterocycles. The monoisotopic (exact) mass is 460 g/mol. The number of amides is 3. The second-order valence-corrected chi connectivity index (χ2v) is 7.48. The molecule has 0 saturated carbocycles. The molecule has 3 aromatic rings. The molecule has 0 saturated heterocycles. The summed E-state index contributed by atoms with van der Waals surface area (Å²) in [6, 6.07) is 17.4. The molecule has 4 rings (SSSR count). The number of nitro benzene ring substituents is 1. The van der Waals surface area contributed by atoms with Crippen LogP contribution in [0.3, 0.4) is 0 Å². The first-order chi connectivity index (χ1) is 16.4. The SMILES string of the molecule is COc1ccc(NC(=O)C[C@@H]2C(=O)Nc3ccccc3N2C(=O)c2ccc([N+](=O)[O-])cc2)cc1. The van der Waals surface area contributed by atoms with E-state index in [2.05, 4.69) is 10.6 Å². The van der Waals surface area contributed by atoms with Crippen LogP contribution in [-0.4, -0.2) is 35.8 Å². The molecule has 0 fully saturated rings. The molecule has 172 valence electrons. The maximum Gasteiger partial charge on any atom is 0.269 e. The normalized spacial score (nSPS) is 14.6. The van der Waals surface area contributed by atoms with E-state index < -0.39 is 28.7 Å². The number of carbonyl (C=O) groups is 3. The van der Waals surface area contributed by atoms with Crippen molar-refractivity contribution in [3.05, 3.63) is 88.5 Å². The topological polar surface area (TPSA) is 131 Å². The zero-order valence-electron chi connectivity index (χ0n) is 18.1. The van der Waals surface area contributed by atoms with Gasteiger partial charge in [0.1, 0.15) is 11.8 Å². The summed E-state index contributed by atoms with van der Waals surface area (Å²) in [4.78, 5) is 50.8. The minimum atomic E-state index is -1.13. The Hall–Kier alpha value is -4.73. The Morgan fingerprint density at radius 1 is 1.06 bits per heavy atom. The summed E-state index contributed by atoms with van der Waals surface area (Å²) < 4.78 is 5.10. The number of hydrogen-bond donors (Lipinski definition) is 2. The summed E-state index contributed by atoms with van der Waals surface area (Å²) in [5.41, 5.74) is 1.34. The van der Waals surface area contributed by atoms with Gasteiger partial charge in [-0.2, -0.15) is 0 Å². The molecular formula is C24H20N4O6. The van der Waals surface area contributed by atoms with Gasteiger partial charge in [0.15, 0.2) is 0 Å². The lowest BCUT2D eigenvalue weighted by Crippen LogP contribution is -2.52. The van der Waals surface area contributed by atoms with E-state index in [0.717, 1.165) is 0 Å². The summed E-state index contributed by atoms with van der Waals surface area (Å²) in [6.45, 7) is 0. The quantitative estimate of drug-likeness (QED) is 0.427. The second kappa shape index (κ2) is 9.41. The molecule has 1 aliphatic heterocycles. The average Bonchev–Trinajstić information content (AvgIpc) is 2.84. The van der Waals surface area contributed by atoms with Crippen LogP contribution in [-0.2, 0) is 9.59 Å². The average molecular weight is 460 g/mol. The van der Waals surface area contributed by atoms with E-state index in [1.165, 1.54) is 36.3 Å². The standard InChI is InChI=1S/C24H20N4O6/c1-34-18-12-8-16(9-13-18)25-22(29)14-21-23(30)26-19-4-2-3-5-20(19)27(21)24(31)15-6-10-17(11-7-15)28(32)33/h2-13,21H,14H2,1H3,(H,25,29)(H,26,30)/t21-/m1/s1. The maximum absolute atomic E-state index is 13.4. The van der Waals surface area contributed by atoms with Crippen molar-refractivity contribution in [3.63, 3.8) is 0 Å². The fourth-order valence-corrected chi connectivity index (χ4v) is 3.65. The zero-order chi connectivity index (χ0) is 24.2. The predicted molar refractivity (Wildman–Crippen MR) is 125 cm³/mol. The van der Waals surface area contributed by atoms with Crippen molar-refractivity contribution in [1.29, 1.82) is 0 Å². The zero-order valence-corrected chi connectivity index (χ0v) is 18.1. The first-order valence-electron chi connectivity index (χ1n) is 10.3. The van der Waals surface area contributed by atoms with Gasteiger partial charge in [-0.3, -0.25) is 29.4 Å². The van der Waals surface area contributed by atoms with Gasteiger partial charge < -0.3 is 15.4 Å². The molecule has 0 bridgehead atoms. The van der Waals surface area contributed by atoms with E-state index in [1.807, 2.05) is 0 Å². The van der Waals surface area contributed by atoms with Crippen LogP contribution in [0, 0.1) is 10.1 Å². The van der Waals surface area contributed by atoms with Gasteiger partial charge in [-0.15, -0.1) is 0 Å². The Morgan fingerprint density at radius 2 is 1.74 bits per heavy atom. The molecule has 0 radical (unpaired) electrons. The van der Waals surface area contributed by atoms with Crippen molar-refractivity contribution in [2.75, 3.05) is 22.6 Å². The lowest BCUT2D eigenvalue weighted by molar-refractivity contribution is -0.384. The van der Waals surface area contributed by atoms with Crippen LogP contribution >= 0.6 is 0 Å². The van der Waals surface area contributed by atoms with Crippen LogP contribution in [0.5, 0.6) is 5.75 Å². The predicted octanol–water partition coefficient (Wildman–Crippen LogP) is 3.60. The van der Waals surface area contributed by atoms with Crippen LogP contribution in [0.4, 0.5) is 22.7 Å². The van der Waals surface area contributed by atoms with Gasteiger partial charge in [-0.1, -0.05) is 12.1 Å². The number of carbonyl (C=O) groups excluding carboxylic acids is 3. The van der Waals surface area contributed by atoms with Crippen LogP contribution < -0.4 is 20.3 Å². The van der Waals surface area contributed by atoms with Crippen molar-refractivity contribution >= 4 is 40.5 Å². The number of hydrogen-bond acceptors (Lipinski definition) is 6. The van der Waals surface area contributed by atoms with E-state index in [1.54, 1.807) is 48.5 Å². The van der Waals surface area contributed by atoms with Crippen molar-refractivity contribution in [2.24, 2.45) is 0 Å². The number of fused-ring (bicyclic) bond motifs is 1. The molecule has 1 heterocycles. The molecule has 0 aliphatic carbocycles. The van der Waals surface area contributed by atoms with Crippen LogP contribution in [0.1, 0.15) is 16.8 Å². The largest absolute Gasteiger partial charge is 0.497 e. The number of rotatable bonds is 6. The van der Waals surface area contributed by atoms with E-state index in [4.69, 9.17) is 4.74 Å². The Morgan fingerprint density at radius 3 is 2.38 bits per heavy atom. The number of nitrogens with one attached hydrogen (secondary N) is 2. The molecule has 2 N–H and O–H groups in total. The number of para-hydroxylation sites is 2. The molecule has 3 aromatic carbocycles. The Labute approximate surface area is 194 Å². The third-order valence-corrected chi connectivity index (χ3v) is 5.33. The van der Waals surface area contributed by atoms with Gasteiger partial charge in [0.05, 0.1) is 29.8 Å². The van der Waals surface area contributed by atoms with Crippen LogP contribution in [0.15, 0.2) is 72.8 Å². The molecule has 0 spiro atoms. The van der Waals surface area contributed by atoms with Crippen molar-refractivity contribution < 1.29 is 24.0 Å². The third-order valence-electron chi connectivity index (χ3n) is 5.33. The molecule has 3 amide bonds. The number of anilines is 3. The first kappa shape index (κ1) is 22.5. The Bertz CT molecular complexity index is 1260. The second-order valence-electron chi connectivity index (χ2n) is 7.48. The first-order valence-corrected chi connectivity index (χ1v) is 10.3. The molecule has 34 heavy (non-hydrogen) atoms. The molecule has 10 heteroatoms. The van der Waals surface area contributed by atoms with Gasteiger partial charge in [0.2, 0.25) is 11.8 Å². The smallest absolute Gasteiger partial charge is 0.269 e. The highest BCUT2D eigenvalue weighted by Crippen LogP contribution is 2.34. The summed E-state index contributed by atoms with van der Waals surface area (Å²) in [6.07, 6.45) is -0.301. The molecular weight excluding hydrogens is 440 g/mol. The van der Waals surface area contributed by atoms with E-state index in [-0.39, 0.29) is 17.7 Å².